The molecule has 0 aliphatic rings. The number of aromatic nitrogens is 3. The van der Waals surface area contributed by atoms with Gasteiger partial charge in [-0.15, -0.1) is 11.3 Å². The van der Waals surface area contributed by atoms with Crippen LogP contribution >= 0.6 is 11.3 Å². The fourth-order valence-electron chi connectivity index (χ4n) is 2.21. The lowest BCUT2D eigenvalue weighted by Gasteiger charge is -2.11. The number of pyridine rings is 1. The predicted molar refractivity (Wildman–Crippen MR) is 97.7 cm³/mol. The van der Waals surface area contributed by atoms with Gasteiger partial charge in [0.1, 0.15) is 5.82 Å². The Morgan fingerprint density at radius 3 is 2.88 bits per heavy atom. The molecular formula is C17H19N5O2S. The third kappa shape index (κ3) is 4.63. The Hall–Kier alpha value is -2.74. The Labute approximate surface area is 149 Å². The molecule has 1 N–H and O–H groups in total. The lowest BCUT2D eigenvalue weighted by molar-refractivity contribution is -0.116. The van der Waals surface area contributed by atoms with E-state index in [1.54, 1.807) is 17.5 Å². The van der Waals surface area contributed by atoms with Gasteiger partial charge in [-0.2, -0.15) is 4.98 Å². The van der Waals surface area contributed by atoms with Gasteiger partial charge in [0, 0.05) is 26.9 Å². The summed E-state index contributed by atoms with van der Waals surface area (Å²) in [5, 5.41) is 8.76. The molecule has 0 aliphatic heterocycles. The van der Waals surface area contributed by atoms with Gasteiger partial charge in [-0.05, 0) is 30.0 Å². The topological polar surface area (TPSA) is 84.2 Å². The molecule has 0 fully saturated rings. The van der Waals surface area contributed by atoms with Gasteiger partial charge in [0.2, 0.25) is 17.6 Å². The highest BCUT2D eigenvalue weighted by molar-refractivity contribution is 7.13. The molecular weight excluding hydrogens is 338 g/mol. The molecule has 0 aliphatic carbocycles. The predicted octanol–water partition coefficient (Wildman–Crippen LogP) is 3.22. The minimum atomic E-state index is -0.0580. The number of amides is 1. The van der Waals surface area contributed by atoms with E-state index >= 15 is 0 Å². The number of thiophene rings is 1. The number of nitrogens with one attached hydrogen (secondary N) is 1. The molecule has 0 atom stereocenters. The summed E-state index contributed by atoms with van der Waals surface area (Å²) < 4.78 is 5.22. The van der Waals surface area contributed by atoms with Crippen LogP contribution in [0, 0.1) is 0 Å². The summed E-state index contributed by atoms with van der Waals surface area (Å²) in [6.45, 7) is 0. The quantitative estimate of drug-likeness (QED) is 0.699. The van der Waals surface area contributed by atoms with Gasteiger partial charge >= 0.3 is 0 Å². The van der Waals surface area contributed by atoms with Crippen molar-refractivity contribution < 1.29 is 9.32 Å². The van der Waals surface area contributed by atoms with Crippen LogP contribution in [-0.4, -0.2) is 35.1 Å². The number of aryl methyl sites for hydroxylation is 1. The molecule has 0 bridgehead atoms. The first-order chi connectivity index (χ1) is 12.1. The number of rotatable bonds is 7. The number of hydrogen-bond acceptors (Lipinski definition) is 7. The first-order valence-corrected chi connectivity index (χ1v) is 8.79. The maximum atomic E-state index is 12.0. The third-order valence-electron chi connectivity index (χ3n) is 3.49. The summed E-state index contributed by atoms with van der Waals surface area (Å²) in [6.07, 6.45) is 3.25. The van der Waals surface area contributed by atoms with Crippen LogP contribution in [0.3, 0.4) is 0 Å². The van der Waals surface area contributed by atoms with Crippen LogP contribution in [0.5, 0.6) is 0 Å². The standard InChI is InChI=1S/C17H19N5O2S/c1-22(2)14-9-8-12(11-18-14)19-15(23)6-3-7-16-20-17(21-24-16)13-5-4-10-25-13/h4-5,8-11H,3,6-7H2,1-2H3,(H,19,23). The van der Waals surface area contributed by atoms with Crippen molar-refractivity contribution in [1.82, 2.24) is 15.1 Å². The van der Waals surface area contributed by atoms with Crippen molar-refractivity contribution in [3.63, 3.8) is 0 Å². The van der Waals surface area contributed by atoms with Gasteiger partial charge in [0.05, 0.1) is 16.8 Å². The van der Waals surface area contributed by atoms with E-state index in [1.807, 2.05) is 48.6 Å². The normalized spacial score (nSPS) is 10.6. The van der Waals surface area contributed by atoms with Crippen LogP contribution in [-0.2, 0) is 11.2 Å². The molecule has 1 amide bonds. The Balaban J connectivity index is 1.45. The van der Waals surface area contributed by atoms with Crippen molar-refractivity contribution in [3.8, 4) is 10.7 Å². The zero-order valence-electron chi connectivity index (χ0n) is 14.1. The molecule has 7 nitrogen and oxygen atoms in total. The number of hydrogen-bond donors (Lipinski definition) is 1. The Morgan fingerprint density at radius 2 is 2.20 bits per heavy atom. The van der Waals surface area contributed by atoms with E-state index in [-0.39, 0.29) is 5.91 Å². The fraction of sp³-hybridized carbons (Fsp3) is 0.294. The summed E-state index contributed by atoms with van der Waals surface area (Å²) in [7, 11) is 3.84. The Bertz CT molecular complexity index is 812. The van der Waals surface area contributed by atoms with Gasteiger partial charge in [0.15, 0.2) is 0 Å². The molecule has 25 heavy (non-hydrogen) atoms. The zero-order chi connectivity index (χ0) is 17.6. The second-order valence-electron chi connectivity index (χ2n) is 5.69. The van der Waals surface area contributed by atoms with E-state index in [9.17, 15) is 4.79 Å². The summed E-state index contributed by atoms with van der Waals surface area (Å²) in [5.74, 6) is 1.93. The van der Waals surface area contributed by atoms with Gasteiger partial charge in [0.25, 0.3) is 0 Å². The molecule has 8 heteroatoms. The SMILES string of the molecule is CN(C)c1ccc(NC(=O)CCCc2nc(-c3cccs3)no2)cn1. The molecule has 130 valence electrons. The number of nitrogens with zero attached hydrogens (tertiary/aromatic N) is 4. The molecule has 0 saturated carbocycles. The van der Waals surface area contributed by atoms with Gasteiger partial charge < -0.3 is 14.7 Å². The van der Waals surface area contributed by atoms with Gasteiger partial charge in [-0.25, -0.2) is 4.98 Å². The van der Waals surface area contributed by atoms with Crippen LogP contribution in [0.25, 0.3) is 10.7 Å². The van der Waals surface area contributed by atoms with Crippen LogP contribution in [0.1, 0.15) is 18.7 Å². The number of carbonyl (C=O) groups is 1. The van der Waals surface area contributed by atoms with Gasteiger partial charge in [-0.1, -0.05) is 11.2 Å². The third-order valence-corrected chi connectivity index (χ3v) is 4.36. The largest absolute Gasteiger partial charge is 0.363 e. The van der Waals surface area contributed by atoms with Gasteiger partial charge in [-0.3, -0.25) is 4.79 Å². The lowest BCUT2D eigenvalue weighted by Crippen LogP contribution is -2.13. The van der Waals surface area contributed by atoms with E-state index < -0.39 is 0 Å². The van der Waals surface area contributed by atoms with Crippen LogP contribution in [0.15, 0.2) is 40.4 Å². The van der Waals surface area contributed by atoms with Crippen LogP contribution in [0.2, 0.25) is 0 Å². The minimum Gasteiger partial charge on any atom is -0.363 e. The van der Waals surface area contributed by atoms with Crippen molar-refractivity contribution in [2.45, 2.75) is 19.3 Å². The summed E-state index contributed by atoms with van der Waals surface area (Å²) in [4.78, 5) is 23.5. The highest BCUT2D eigenvalue weighted by atomic mass is 32.1. The summed E-state index contributed by atoms with van der Waals surface area (Å²) in [6, 6.07) is 7.59. The highest BCUT2D eigenvalue weighted by Gasteiger charge is 2.10. The molecule has 0 spiro atoms. The maximum Gasteiger partial charge on any atom is 0.226 e. The summed E-state index contributed by atoms with van der Waals surface area (Å²) in [5.41, 5.74) is 0.688. The van der Waals surface area contributed by atoms with E-state index in [0.717, 1.165) is 10.7 Å². The number of anilines is 2. The average molecular weight is 357 g/mol. The van der Waals surface area contributed by atoms with Crippen molar-refractivity contribution >= 4 is 28.7 Å². The summed E-state index contributed by atoms with van der Waals surface area (Å²) >= 11 is 1.56. The maximum absolute atomic E-state index is 12.0. The Morgan fingerprint density at radius 1 is 1.32 bits per heavy atom. The van der Waals surface area contributed by atoms with E-state index in [4.69, 9.17) is 4.52 Å². The molecule has 0 radical (unpaired) electrons. The fourth-order valence-corrected chi connectivity index (χ4v) is 2.86. The van der Waals surface area contributed by atoms with E-state index in [1.165, 1.54) is 0 Å². The molecule has 0 unspecified atom stereocenters. The Kier molecular flexibility index (Phi) is 5.39. The molecule has 3 heterocycles. The second kappa shape index (κ2) is 7.89. The molecule has 0 aromatic carbocycles. The van der Waals surface area contributed by atoms with Crippen molar-refractivity contribution in [3.05, 3.63) is 41.7 Å². The molecule has 3 aromatic rings. The van der Waals surface area contributed by atoms with Crippen LogP contribution in [0.4, 0.5) is 11.5 Å². The molecule has 0 saturated heterocycles. The van der Waals surface area contributed by atoms with Crippen molar-refractivity contribution in [2.75, 3.05) is 24.3 Å². The first-order valence-electron chi connectivity index (χ1n) is 7.91. The van der Waals surface area contributed by atoms with Crippen LogP contribution < -0.4 is 10.2 Å². The monoisotopic (exact) mass is 357 g/mol. The molecule has 3 aromatic heterocycles. The average Bonchev–Trinajstić information content (AvgIpc) is 3.26. The van der Waals surface area contributed by atoms with E-state index in [2.05, 4.69) is 20.4 Å². The first kappa shape index (κ1) is 17.1. The van der Waals surface area contributed by atoms with E-state index in [0.29, 0.717) is 36.7 Å². The second-order valence-corrected chi connectivity index (χ2v) is 6.64. The highest BCUT2D eigenvalue weighted by Crippen LogP contribution is 2.21. The lowest BCUT2D eigenvalue weighted by atomic mass is 10.2. The zero-order valence-corrected chi connectivity index (χ0v) is 14.9. The number of carbonyl (C=O) groups excluding carboxylic acids is 1. The minimum absolute atomic E-state index is 0.0580. The van der Waals surface area contributed by atoms with Crippen molar-refractivity contribution in [1.29, 1.82) is 0 Å². The van der Waals surface area contributed by atoms with Crippen molar-refractivity contribution in [2.24, 2.45) is 0 Å². The molecule has 3 rings (SSSR count). The smallest absolute Gasteiger partial charge is 0.226 e.